The molecule has 0 aliphatic rings. The van der Waals surface area contributed by atoms with E-state index in [1.165, 1.54) is 6.42 Å². The summed E-state index contributed by atoms with van der Waals surface area (Å²) in [5, 5.41) is 3.61. The van der Waals surface area contributed by atoms with Crippen molar-refractivity contribution in [3.63, 3.8) is 0 Å². The number of likely N-dealkylation sites (N-methyl/N-ethyl adjacent to an activating group) is 1. The van der Waals surface area contributed by atoms with Crippen LogP contribution in [-0.4, -0.2) is 37.1 Å². The van der Waals surface area contributed by atoms with E-state index in [1.54, 1.807) is 0 Å². The summed E-state index contributed by atoms with van der Waals surface area (Å²) in [6.07, 6.45) is 1.25. The summed E-state index contributed by atoms with van der Waals surface area (Å²) in [6, 6.07) is 0.610. The molecule has 2 heteroatoms. The third-order valence-corrected chi connectivity index (χ3v) is 3.56. The normalized spacial score (nSPS) is 17.1. The zero-order valence-corrected chi connectivity index (χ0v) is 11.0. The molecule has 0 rings (SSSR count). The first-order valence-corrected chi connectivity index (χ1v) is 5.72. The lowest BCUT2D eigenvalue weighted by atomic mass is 9.98. The molecule has 0 aromatic carbocycles. The van der Waals surface area contributed by atoms with Crippen molar-refractivity contribution >= 4 is 0 Å². The Morgan fingerprint density at radius 2 is 1.71 bits per heavy atom. The number of nitrogens with zero attached hydrogens (tertiary/aromatic N) is 1. The standard InChI is InChI=1S/C12H28N2/c1-8-10(2)11(3)13-9-12(4,5)14(6)7/h10-11,13H,8-9H2,1-7H3. The van der Waals surface area contributed by atoms with E-state index in [9.17, 15) is 0 Å². The molecule has 86 valence electrons. The Bertz CT molecular complexity index is 152. The van der Waals surface area contributed by atoms with Crippen LogP contribution in [0.3, 0.4) is 0 Å². The minimum atomic E-state index is 0.238. The fourth-order valence-corrected chi connectivity index (χ4v) is 1.12. The summed E-state index contributed by atoms with van der Waals surface area (Å²) in [7, 11) is 4.27. The Morgan fingerprint density at radius 3 is 2.07 bits per heavy atom. The van der Waals surface area contributed by atoms with Gasteiger partial charge in [-0.2, -0.15) is 0 Å². The van der Waals surface area contributed by atoms with E-state index in [4.69, 9.17) is 0 Å². The van der Waals surface area contributed by atoms with Crippen molar-refractivity contribution < 1.29 is 0 Å². The number of nitrogens with one attached hydrogen (secondary N) is 1. The molecule has 0 saturated heterocycles. The molecule has 0 spiro atoms. The summed E-state index contributed by atoms with van der Waals surface area (Å²) < 4.78 is 0. The Balaban J connectivity index is 3.93. The lowest BCUT2D eigenvalue weighted by molar-refractivity contribution is 0.179. The predicted molar refractivity (Wildman–Crippen MR) is 64.7 cm³/mol. The van der Waals surface area contributed by atoms with Gasteiger partial charge in [-0.25, -0.2) is 0 Å². The molecule has 2 nitrogen and oxygen atoms in total. The highest BCUT2D eigenvalue weighted by atomic mass is 15.2. The molecule has 0 fully saturated rings. The zero-order valence-electron chi connectivity index (χ0n) is 11.0. The molecule has 0 aromatic heterocycles. The third kappa shape index (κ3) is 4.43. The second-order valence-corrected chi connectivity index (χ2v) is 5.26. The maximum Gasteiger partial charge on any atom is 0.0271 e. The molecule has 0 saturated carbocycles. The summed E-state index contributed by atoms with van der Waals surface area (Å²) >= 11 is 0. The highest BCUT2D eigenvalue weighted by Crippen LogP contribution is 2.11. The molecular weight excluding hydrogens is 172 g/mol. The van der Waals surface area contributed by atoms with Gasteiger partial charge in [0.05, 0.1) is 0 Å². The Labute approximate surface area is 90.1 Å². The van der Waals surface area contributed by atoms with E-state index < -0.39 is 0 Å². The maximum absolute atomic E-state index is 3.61. The van der Waals surface area contributed by atoms with Crippen LogP contribution in [0.2, 0.25) is 0 Å². The Morgan fingerprint density at radius 1 is 1.21 bits per heavy atom. The van der Waals surface area contributed by atoms with Gasteiger partial charge in [-0.3, -0.25) is 0 Å². The van der Waals surface area contributed by atoms with Crippen LogP contribution in [0.15, 0.2) is 0 Å². The number of hydrogen-bond donors (Lipinski definition) is 1. The lowest BCUT2D eigenvalue weighted by Crippen LogP contribution is -2.49. The van der Waals surface area contributed by atoms with E-state index in [2.05, 4.69) is 58.9 Å². The van der Waals surface area contributed by atoms with Crippen LogP contribution in [0.1, 0.15) is 41.0 Å². The second-order valence-electron chi connectivity index (χ2n) is 5.26. The van der Waals surface area contributed by atoms with Crippen LogP contribution in [0.4, 0.5) is 0 Å². The minimum Gasteiger partial charge on any atom is -0.312 e. The van der Waals surface area contributed by atoms with Crippen molar-refractivity contribution in [2.75, 3.05) is 20.6 Å². The zero-order chi connectivity index (χ0) is 11.4. The average Bonchev–Trinajstić information content (AvgIpc) is 2.12. The SMILES string of the molecule is CCC(C)C(C)NCC(C)(C)N(C)C. The monoisotopic (exact) mass is 200 g/mol. The van der Waals surface area contributed by atoms with Gasteiger partial charge in [-0.05, 0) is 40.8 Å². The van der Waals surface area contributed by atoms with Crippen LogP contribution in [-0.2, 0) is 0 Å². The minimum absolute atomic E-state index is 0.238. The number of hydrogen-bond acceptors (Lipinski definition) is 2. The van der Waals surface area contributed by atoms with Crippen molar-refractivity contribution in [1.29, 1.82) is 0 Å². The second kappa shape index (κ2) is 5.72. The van der Waals surface area contributed by atoms with Gasteiger partial charge >= 0.3 is 0 Å². The van der Waals surface area contributed by atoms with Gasteiger partial charge in [0.2, 0.25) is 0 Å². The summed E-state index contributed by atoms with van der Waals surface area (Å²) in [4.78, 5) is 2.27. The van der Waals surface area contributed by atoms with Gasteiger partial charge in [0.25, 0.3) is 0 Å². The molecule has 14 heavy (non-hydrogen) atoms. The van der Waals surface area contributed by atoms with Crippen molar-refractivity contribution in [2.45, 2.75) is 52.6 Å². The highest BCUT2D eigenvalue weighted by Gasteiger charge is 2.21. The largest absolute Gasteiger partial charge is 0.312 e. The maximum atomic E-state index is 3.61. The van der Waals surface area contributed by atoms with Crippen molar-refractivity contribution in [3.8, 4) is 0 Å². The molecule has 1 N–H and O–H groups in total. The first-order chi connectivity index (χ1) is 6.31. The quantitative estimate of drug-likeness (QED) is 0.708. The third-order valence-electron chi connectivity index (χ3n) is 3.56. The molecule has 0 radical (unpaired) electrons. The first-order valence-electron chi connectivity index (χ1n) is 5.72. The van der Waals surface area contributed by atoms with Crippen molar-refractivity contribution in [2.24, 2.45) is 5.92 Å². The van der Waals surface area contributed by atoms with E-state index in [1.807, 2.05) is 0 Å². The summed E-state index contributed by atoms with van der Waals surface area (Å²) in [5.74, 6) is 0.757. The lowest BCUT2D eigenvalue weighted by Gasteiger charge is -2.35. The highest BCUT2D eigenvalue weighted by molar-refractivity contribution is 4.81. The molecule has 0 bridgehead atoms. The van der Waals surface area contributed by atoms with E-state index in [0.717, 1.165) is 12.5 Å². The molecule has 2 unspecified atom stereocenters. The van der Waals surface area contributed by atoms with Crippen LogP contribution in [0.25, 0.3) is 0 Å². The first kappa shape index (κ1) is 13.9. The van der Waals surface area contributed by atoms with Crippen LogP contribution < -0.4 is 5.32 Å². The molecule has 0 aromatic rings. The van der Waals surface area contributed by atoms with Gasteiger partial charge in [-0.1, -0.05) is 20.3 Å². The van der Waals surface area contributed by atoms with Gasteiger partial charge in [-0.15, -0.1) is 0 Å². The Hall–Kier alpha value is -0.0800. The smallest absolute Gasteiger partial charge is 0.0271 e. The predicted octanol–water partition coefficient (Wildman–Crippen LogP) is 2.35. The van der Waals surface area contributed by atoms with Crippen molar-refractivity contribution in [1.82, 2.24) is 10.2 Å². The summed E-state index contributed by atoms with van der Waals surface area (Å²) in [5.41, 5.74) is 0.238. The van der Waals surface area contributed by atoms with Gasteiger partial charge in [0.15, 0.2) is 0 Å². The molecule has 0 amide bonds. The van der Waals surface area contributed by atoms with Crippen LogP contribution in [0.5, 0.6) is 0 Å². The van der Waals surface area contributed by atoms with E-state index >= 15 is 0 Å². The van der Waals surface area contributed by atoms with Crippen LogP contribution in [0, 0.1) is 5.92 Å². The number of rotatable bonds is 6. The molecule has 0 heterocycles. The van der Waals surface area contributed by atoms with E-state index in [0.29, 0.717) is 6.04 Å². The van der Waals surface area contributed by atoms with Gasteiger partial charge in [0.1, 0.15) is 0 Å². The molecule has 2 atom stereocenters. The molecule has 0 aliphatic carbocycles. The molecular formula is C12H28N2. The van der Waals surface area contributed by atoms with Gasteiger partial charge in [0, 0.05) is 18.1 Å². The fourth-order valence-electron chi connectivity index (χ4n) is 1.12. The Kier molecular flexibility index (Phi) is 5.68. The summed E-state index contributed by atoms with van der Waals surface area (Å²) in [6.45, 7) is 12.4. The van der Waals surface area contributed by atoms with Crippen LogP contribution >= 0.6 is 0 Å². The average molecular weight is 200 g/mol. The van der Waals surface area contributed by atoms with E-state index in [-0.39, 0.29) is 5.54 Å². The molecule has 0 aliphatic heterocycles. The topological polar surface area (TPSA) is 15.3 Å². The van der Waals surface area contributed by atoms with Crippen molar-refractivity contribution in [3.05, 3.63) is 0 Å². The van der Waals surface area contributed by atoms with Gasteiger partial charge < -0.3 is 10.2 Å². The fraction of sp³-hybridized carbons (Fsp3) is 1.00.